The summed E-state index contributed by atoms with van der Waals surface area (Å²) >= 11 is 0. The molecular weight excluding hydrogens is 935 g/mol. The van der Waals surface area contributed by atoms with Gasteiger partial charge in [-0.25, -0.2) is 0 Å². The van der Waals surface area contributed by atoms with Gasteiger partial charge in [0, 0.05) is 49.4 Å². The first kappa shape index (κ1) is 43.8. The minimum Gasteiger partial charge on any atom is -0.309 e. The third-order valence-electron chi connectivity index (χ3n) is 15.9. The topological polar surface area (TPSA) is 14.8 Å². The maximum Gasteiger partial charge on any atom is 0.179 e. The zero-order valence-corrected chi connectivity index (χ0v) is 42.6. The van der Waals surface area contributed by atoms with E-state index in [0.29, 0.717) is 0 Å². The molecule has 0 aliphatic heterocycles. The van der Waals surface area contributed by atoms with Crippen LogP contribution in [0.3, 0.4) is 0 Å². The summed E-state index contributed by atoms with van der Waals surface area (Å²) in [6.45, 7) is 0. The minimum absolute atomic E-state index is 1.10. The number of hydrogen-bond donors (Lipinski definition) is 0. The van der Waals surface area contributed by atoms with E-state index in [-0.39, 0.29) is 0 Å². The zero-order valence-electron chi connectivity index (χ0n) is 41.6. The quantitative estimate of drug-likeness (QED) is 0.101. The van der Waals surface area contributed by atoms with Gasteiger partial charge in [-0.05, 0) is 110 Å². The van der Waals surface area contributed by atoms with Gasteiger partial charge in [0.1, 0.15) is 0 Å². The molecule has 0 saturated heterocycles. The maximum atomic E-state index is 2.54. The van der Waals surface area contributed by atoms with Gasteiger partial charge >= 0.3 is 0 Å². The Morgan fingerprint density at radius 1 is 0.184 bits per heavy atom. The molecule has 12 aromatic carbocycles. The van der Waals surface area contributed by atoms with E-state index in [4.69, 9.17) is 0 Å². The Balaban J connectivity index is 1.02. The molecule has 0 aliphatic rings. The molecule has 0 saturated carbocycles. The number of rotatable bonds is 9. The van der Waals surface area contributed by atoms with Gasteiger partial charge < -0.3 is 13.7 Å². The van der Waals surface area contributed by atoms with Crippen LogP contribution in [0.1, 0.15) is 0 Å². The molecule has 3 heterocycles. The van der Waals surface area contributed by atoms with Gasteiger partial charge in [-0.2, -0.15) is 0 Å². The van der Waals surface area contributed by atoms with Crippen LogP contribution in [0.25, 0.3) is 105 Å². The van der Waals surface area contributed by atoms with Gasteiger partial charge in [0.15, 0.2) is 8.07 Å². The summed E-state index contributed by atoms with van der Waals surface area (Å²) in [4.78, 5) is 0. The normalized spacial score (nSPS) is 11.9. The van der Waals surface area contributed by atoms with Crippen molar-refractivity contribution in [3.05, 3.63) is 297 Å². The molecule has 15 rings (SSSR count). The van der Waals surface area contributed by atoms with Gasteiger partial charge in [-0.3, -0.25) is 0 Å². The van der Waals surface area contributed by atoms with Gasteiger partial charge in [0.25, 0.3) is 0 Å². The number of para-hydroxylation sites is 3. The molecular formula is C72H49N3Si. The summed E-state index contributed by atoms with van der Waals surface area (Å²) in [6.07, 6.45) is 0. The Labute approximate surface area is 442 Å². The van der Waals surface area contributed by atoms with Crippen molar-refractivity contribution in [2.24, 2.45) is 0 Å². The van der Waals surface area contributed by atoms with Crippen LogP contribution in [0.2, 0.25) is 0 Å². The van der Waals surface area contributed by atoms with Crippen molar-refractivity contribution in [3.63, 3.8) is 0 Å². The molecule has 0 unspecified atom stereocenters. The van der Waals surface area contributed by atoms with Gasteiger partial charge in [0.05, 0.1) is 33.1 Å². The predicted molar refractivity (Wildman–Crippen MR) is 324 cm³/mol. The molecule has 3 aromatic heterocycles. The highest BCUT2D eigenvalue weighted by molar-refractivity contribution is 7.20. The van der Waals surface area contributed by atoms with Crippen molar-refractivity contribution < 1.29 is 0 Å². The molecule has 0 aliphatic carbocycles. The number of aromatic nitrogens is 3. The van der Waals surface area contributed by atoms with E-state index >= 15 is 0 Å². The third kappa shape index (κ3) is 6.81. The molecule has 0 spiro atoms. The Morgan fingerprint density at radius 2 is 0.566 bits per heavy atom. The summed E-state index contributed by atoms with van der Waals surface area (Å²) in [5.41, 5.74) is 15.1. The molecule has 0 bridgehead atoms. The second-order valence-corrected chi connectivity index (χ2v) is 23.9. The summed E-state index contributed by atoms with van der Waals surface area (Å²) in [5.74, 6) is 0. The SMILES string of the molecule is c1ccc(-c2cc(-n3c4ccccc4c4ccccc43)cc(-n3c4ccccc4c4ccc(-n5c6ccc(-c7ccccc7)cc6c6ccc([Si](c7ccccc7)(c7ccccc7)c7ccccc7)cc65)cc43)c2)cc1. The van der Waals surface area contributed by atoms with Crippen molar-refractivity contribution in [2.45, 2.75) is 0 Å². The number of benzene rings is 12. The van der Waals surface area contributed by atoms with Crippen LogP contribution in [0.5, 0.6) is 0 Å². The first-order valence-corrected chi connectivity index (χ1v) is 28.2. The lowest BCUT2D eigenvalue weighted by atomic mass is 10.0. The second-order valence-electron chi connectivity index (χ2n) is 20.0. The zero-order chi connectivity index (χ0) is 50.2. The van der Waals surface area contributed by atoms with Crippen molar-refractivity contribution in [2.75, 3.05) is 0 Å². The second kappa shape index (κ2) is 17.7. The maximum absolute atomic E-state index is 2.89. The number of hydrogen-bond acceptors (Lipinski definition) is 0. The monoisotopic (exact) mass is 983 g/mol. The molecule has 0 N–H and O–H groups in total. The summed E-state index contributed by atoms with van der Waals surface area (Å²) in [7, 11) is -2.89. The lowest BCUT2D eigenvalue weighted by molar-refractivity contribution is 1.13. The average molecular weight is 984 g/mol. The lowest BCUT2D eigenvalue weighted by Crippen LogP contribution is -2.74. The highest BCUT2D eigenvalue weighted by Crippen LogP contribution is 2.41. The molecule has 15 aromatic rings. The van der Waals surface area contributed by atoms with E-state index in [2.05, 4.69) is 311 Å². The van der Waals surface area contributed by atoms with E-state index in [0.717, 1.165) is 33.7 Å². The molecule has 0 fully saturated rings. The first-order valence-electron chi connectivity index (χ1n) is 26.2. The summed E-state index contributed by atoms with van der Waals surface area (Å²) in [5, 5.41) is 12.7. The molecule has 356 valence electrons. The summed E-state index contributed by atoms with van der Waals surface area (Å²) < 4.78 is 7.49. The fourth-order valence-electron chi connectivity index (χ4n) is 12.6. The van der Waals surface area contributed by atoms with Crippen LogP contribution in [0.15, 0.2) is 297 Å². The largest absolute Gasteiger partial charge is 0.309 e. The van der Waals surface area contributed by atoms with Crippen molar-refractivity contribution >= 4 is 94.2 Å². The van der Waals surface area contributed by atoms with Crippen molar-refractivity contribution in [3.8, 4) is 39.3 Å². The standard InChI is InChI=1S/C72H49N3Si/c1-6-22-50(23-7-1)52-38-43-70-66(46-52)65-42-40-60(76(57-26-10-3-11-27-57,58-28-12-4-13-29-58)59-30-14-5-15-31-59)49-72(65)73(70)54-39-41-64-63-34-18-21-37-69(63)75(71(64)48-54)56-45-53(51-24-8-2-9-25-51)44-55(47-56)74-67-35-19-16-32-61(67)62-33-17-20-36-68(62)74/h1-49H. The van der Waals surface area contributed by atoms with Crippen molar-refractivity contribution in [1.82, 2.24) is 13.7 Å². The molecule has 0 atom stereocenters. The van der Waals surface area contributed by atoms with Crippen LogP contribution in [0, 0.1) is 0 Å². The highest BCUT2D eigenvalue weighted by Gasteiger charge is 2.41. The molecule has 0 radical (unpaired) electrons. The minimum atomic E-state index is -2.89. The molecule has 76 heavy (non-hydrogen) atoms. The molecule has 0 amide bonds. The van der Waals surface area contributed by atoms with Crippen LogP contribution in [-0.2, 0) is 0 Å². The van der Waals surface area contributed by atoms with Crippen LogP contribution in [0.4, 0.5) is 0 Å². The Hall–Kier alpha value is -9.74. The van der Waals surface area contributed by atoms with E-state index < -0.39 is 8.07 Å². The number of nitrogens with zero attached hydrogens (tertiary/aromatic N) is 3. The van der Waals surface area contributed by atoms with Gasteiger partial charge in [-0.15, -0.1) is 0 Å². The predicted octanol–water partition coefficient (Wildman–Crippen LogP) is 15.7. The van der Waals surface area contributed by atoms with Crippen molar-refractivity contribution in [1.29, 1.82) is 0 Å². The summed E-state index contributed by atoms with van der Waals surface area (Å²) in [6, 6.07) is 111. The van der Waals surface area contributed by atoms with E-state index in [9.17, 15) is 0 Å². The number of fused-ring (bicyclic) bond motifs is 9. The molecule has 4 heteroatoms. The Kier molecular flexibility index (Phi) is 10.2. The third-order valence-corrected chi connectivity index (χ3v) is 20.7. The van der Waals surface area contributed by atoms with Gasteiger partial charge in [-0.1, -0.05) is 231 Å². The first-order chi connectivity index (χ1) is 37.7. The average Bonchev–Trinajstić information content (AvgIpc) is 4.23. The Morgan fingerprint density at radius 3 is 1.09 bits per heavy atom. The van der Waals surface area contributed by atoms with E-state index in [1.165, 1.54) is 91.8 Å². The van der Waals surface area contributed by atoms with E-state index in [1.807, 2.05) is 0 Å². The Bertz CT molecular complexity index is 4520. The van der Waals surface area contributed by atoms with E-state index in [1.54, 1.807) is 0 Å². The van der Waals surface area contributed by atoms with Gasteiger partial charge in [0.2, 0.25) is 0 Å². The smallest absolute Gasteiger partial charge is 0.179 e. The molecule has 3 nitrogen and oxygen atoms in total. The van der Waals surface area contributed by atoms with Crippen LogP contribution in [-0.4, -0.2) is 21.8 Å². The fraction of sp³-hybridized carbons (Fsp3) is 0. The van der Waals surface area contributed by atoms with Crippen LogP contribution < -0.4 is 20.7 Å². The fourth-order valence-corrected chi connectivity index (χ4v) is 17.4. The lowest BCUT2D eigenvalue weighted by Gasteiger charge is -2.34. The highest BCUT2D eigenvalue weighted by atomic mass is 28.3. The van der Waals surface area contributed by atoms with Crippen LogP contribution >= 0.6 is 0 Å².